The summed E-state index contributed by atoms with van der Waals surface area (Å²) in [5, 5.41) is 27.0. The summed E-state index contributed by atoms with van der Waals surface area (Å²) >= 11 is 0. The summed E-state index contributed by atoms with van der Waals surface area (Å²) in [6.45, 7) is 0.0530. The molecule has 2 atom stereocenters. The van der Waals surface area contributed by atoms with E-state index in [1.165, 1.54) is 0 Å². The van der Waals surface area contributed by atoms with E-state index in [0.717, 1.165) is 0 Å². The van der Waals surface area contributed by atoms with Gasteiger partial charge in [0.1, 0.15) is 0 Å². The minimum Gasteiger partial charge on any atom is -0.394 e. The molecule has 0 radical (unpaired) electrons. The van der Waals surface area contributed by atoms with Gasteiger partial charge < -0.3 is 20.1 Å². The third-order valence-electron chi connectivity index (χ3n) is 2.03. The third-order valence-corrected chi connectivity index (χ3v) is 2.03. The van der Waals surface area contributed by atoms with Gasteiger partial charge in [0.15, 0.2) is 0 Å². The average Bonchev–Trinajstić information content (AvgIpc) is 2.05. The van der Waals surface area contributed by atoms with Crippen LogP contribution in [0, 0.1) is 0 Å². The van der Waals surface area contributed by atoms with Crippen molar-refractivity contribution in [2.45, 2.75) is 24.5 Å². The first-order valence-electron chi connectivity index (χ1n) is 3.76. The Bertz CT molecular complexity index is 128. The van der Waals surface area contributed by atoms with Crippen molar-refractivity contribution in [3.8, 4) is 0 Å². The molecule has 0 aliphatic carbocycles. The Labute approximate surface area is 65.4 Å². The molecule has 4 nitrogen and oxygen atoms in total. The Kier molecular flexibility index (Phi) is 2.84. The maximum atomic E-state index is 9.54. The first-order chi connectivity index (χ1) is 5.20. The van der Waals surface area contributed by atoms with Crippen LogP contribution in [-0.2, 0) is 4.74 Å². The highest BCUT2D eigenvalue weighted by atomic mass is 16.5. The Morgan fingerprint density at radius 1 is 1.45 bits per heavy atom. The minimum absolute atomic E-state index is 0.0949. The van der Waals surface area contributed by atoms with E-state index in [4.69, 9.17) is 14.9 Å². The minimum atomic E-state index is -1.04. The molecular weight excluding hydrogens is 148 g/mol. The Balaban J connectivity index is 2.44. The quantitative estimate of drug-likeness (QED) is 0.481. The van der Waals surface area contributed by atoms with Gasteiger partial charge in [-0.05, 0) is 0 Å². The van der Waals surface area contributed by atoms with Crippen molar-refractivity contribution in [2.24, 2.45) is 0 Å². The van der Waals surface area contributed by atoms with Crippen LogP contribution in [0.1, 0.15) is 12.8 Å². The Morgan fingerprint density at radius 3 is 2.73 bits per heavy atom. The molecule has 0 saturated carbocycles. The zero-order valence-electron chi connectivity index (χ0n) is 6.36. The Morgan fingerprint density at radius 2 is 2.18 bits per heavy atom. The molecule has 0 amide bonds. The highest BCUT2D eigenvalue weighted by Gasteiger charge is 2.33. The van der Waals surface area contributed by atoms with Gasteiger partial charge in [-0.15, -0.1) is 0 Å². The lowest BCUT2D eigenvalue weighted by atomic mass is 9.91. The van der Waals surface area contributed by atoms with E-state index in [9.17, 15) is 5.11 Å². The fourth-order valence-corrected chi connectivity index (χ4v) is 1.26. The summed E-state index contributed by atoms with van der Waals surface area (Å²) in [4.78, 5) is 0. The lowest BCUT2D eigenvalue weighted by Gasteiger charge is -2.34. The highest BCUT2D eigenvalue weighted by Crippen LogP contribution is 2.23. The van der Waals surface area contributed by atoms with Crippen molar-refractivity contribution in [2.75, 3.05) is 19.8 Å². The zero-order valence-corrected chi connectivity index (χ0v) is 6.36. The maximum Gasteiger partial charge on any atom is 0.0924 e. The van der Waals surface area contributed by atoms with Gasteiger partial charge in [0.05, 0.1) is 24.9 Å². The molecule has 3 N–H and O–H groups in total. The van der Waals surface area contributed by atoms with Gasteiger partial charge in [0, 0.05) is 19.4 Å². The summed E-state index contributed by atoms with van der Waals surface area (Å²) in [7, 11) is 0. The molecule has 1 aliphatic heterocycles. The van der Waals surface area contributed by atoms with Gasteiger partial charge in [-0.3, -0.25) is 0 Å². The van der Waals surface area contributed by atoms with Crippen LogP contribution in [0.2, 0.25) is 0 Å². The number of rotatable bonds is 2. The molecule has 0 bridgehead atoms. The van der Waals surface area contributed by atoms with Crippen molar-refractivity contribution in [3.05, 3.63) is 0 Å². The van der Waals surface area contributed by atoms with Crippen molar-refractivity contribution < 1.29 is 20.1 Å². The van der Waals surface area contributed by atoms with Gasteiger partial charge in [0.25, 0.3) is 0 Å². The first kappa shape index (κ1) is 8.93. The fourth-order valence-electron chi connectivity index (χ4n) is 1.26. The molecule has 1 heterocycles. The first-order valence-corrected chi connectivity index (χ1v) is 3.76. The van der Waals surface area contributed by atoms with Crippen LogP contribution in [0.15, 0.2) is 0 Å². The molecule has 11 heavy (non-hydrogen) atoms. The monoisotopic (exact) mass is 162 g/mol. The molecular formula is C7H14O4. The molecule has 0 aromatic rings. The molecule has 0 spiro atoms. The predicted molar refractivity (Wildman–Crippen MR) is 38.1 cm³/mol. The number of hydrogen-bond donors (Lipinski definition) is 3. The van der Waals surface area contributed by atoms with E-state index < -0.39 is 5.60 Å². The van der Waals surface area contributed by atoms with Crippen LogP contribution in [0.25, 0.3) is 0 Å². The number of hydrogen-bond acceptors (Lipinski definition) is 4. The van der Waals surface area contributed by atoms with Crippen molar-refractivity contribution >= 4 is 0 Å². The fraction of sp³-hybridized carbons (Fsp3) is 1.00. The van der Waals surface area contributed by atoms with Crippen LogP contribution in [0.3, 0.4) is 0 Å². The van der Waals surface area contributed by atoms with Gasteiger partial charge in [0.2, 0.25) is 0 Å². The standard InChI is InChI=1S/C7H14O4/c8-4-6-3-7(10,5-9)1-2-11-6/h6,8-10H,1-5H2. The van der Waals surface area contributed by atoms with E-state index in [1.807, 2.05) is 0 Å². The van der Waals surface area contributed by atoms with Gasteiger partial charge in [-0.25, -0.2) is 0 Å². The van der Waals surface area contributed by atoms with Crippen LogP contribution in [0.4, 0.5) is 0 Å². The summed E-state index contributed by atoms with van der Waals surface area (Å²) in [6.07, 6.45) is 0.445. The van der Waals surface area contributed by atoms with E-state index in [2.05, 4.69) is 0 Å². The van der Waals surface area contributed by atoms with Gasteiger partial charge in [-0.2, -0.15) is 0 Å². The predicted octanol–water partition coefficient (Wildman–Crippen LogP) is -1.12. The summed E-state index contributed by atoms with van der Waals surface area (Å²) in [5.74, 6) is 0. The van der Waals surface area contributed by atoms with E-state index >= 15 is 0 Å². The maximum absolute atomic E-state index is 9.54. The van der Waals surface area contributed by atoms with Crippen LogP contribution < -0.4 is 0 Å². The van der Waals surface area contributed by atoms with Gasteiger partial charge in [-0.1, -0.05) is 0 Å². The molecule has 0 aromatic heterocycles. The van der Waals surface area contributed by atoms with Crippen LogP contribution in [-0.4, -0.2) is 46.8 Å². The second kappa shape index (κ2) is 3.49. The smallest absolute Gasteiger partial charge is 0.0924 e. The number of ether oxygens (including phenoxy) is 1. The van der Waals surface area contributed by atoms with E-state index in [0.29, 0.717) is 19.4 Å². The second-order valence-electron chi connectivity index (χ2n) is 3.01. The van der Waals surface area contributed by atoms with E-state index in [1.54, 1.807) is 0 Å². The van der Waals surface area contributed by atoms with Crippen LogP contribution >= 0.6 is 0 Å². The average molecular weight is 162 g/mol. The highest BCUT2D eigenvalue weighted by molar-refractivity contribution is 4.84. The second-order valence-corrected chi connectivity index (χ2v) is 3.01. The normalized spacial score (nSPS) is 39.0. The molecule has 1 fully saturated rings. The Hall–Kier alpha value is -0.160. The summed E-state index contributed by atoms with van der Waals surface area (Å²) < 4.78 is 5.10. The summed E-state index contributed by atoms with van der Waals surface area (Å²) in [5.41, 5.74) is -1.04. The topological polar surface area (TPSA) is 69.9 Å². The molecule has 0 aromatic carbocycles. The number of aliphatic hydroxyl groups is 3. The molecule has 66 valence electrons. The largest absolute Gasteiger partial charge is 0.394 e. The van der Waals surface area contributed by atoms with Gasteiger partial charge >= 0.3 is 0 Å². The van der Waals surface area contributed by atoms with E-state index in [-0.39, 0.29) is 19.3 Å². The lowest BCUT2D eigenvalue weighted by molar-refractivity contribution is -0.133. The molecule has 1 saturated heterocycles. The SMILES string of the molecule is OCC1CC(O)(CO)CCO1. The van der Waals surface area contributed by atoms with Crippen molar-refractivity contribution in [3.63, 3.8) is 0 Å². The number of aliphatic hydroxyl groups excluding tert-OH is 2. The summed E-state index contributed by atoms with van der Waals surface area (Å²) in [6, 6.07) is 0. The molecule has 2 unspecified atom stereocenters. The van der Waals surface area contributed by atoms with Crippen molar-refractivity contribution in [1.29, 1.82) is 0 Å². The lowest BCUT2D eigenvalue weighted by Crippen LogP contribution is -2.44. The molecule has 4 heteroatoms. The molecule has 1 aliphatic rings. The van der Waals surface area contributed by atoms with Crippen molar-refractivity contribution in [1.82, 2.24) is 0 Å². The zero-order chi connectivity index (χ0) is 8.32. The molecule has 1 rings (SSSR count). The van der Waals surface area contributed by atoms with Crippen LogP contribution in [0.5, 0.6) is 0 Å². The third kappa shape index (κ3) is 2.13.